The van der Waals surface area contributed by atoms with Crippen molar-refractivity contribution >= 4 is 48.8 Å². The molecule has 0 aliphatic heterocycles. The Morgan fingerprint density at radius 1 is 0.831 bits per heavy atom. The van der Waals surface area contributed by atoms with Gasteiger partial charge in [0, 0.05) is 51.5 Å². The number of carboxylic acid groups (broad SMARTS) is 1. The van der Waals surface area contributed by atoms with E-state index in [9.17, 15) is 18.8 Å². The van der Waals surface area contributed by atoms with Crippen LogP contribution in [0.15, 0.2) is 137 Å². The van der Waals surface area contributed by atoms with E-state index < -0.39 is 5.97 Å². The molecule has 5 aromatic rings. The molecule has 0 saturated heterocycles. The summed E-state index contributed by atoms with van der Waals surface area (Å²) in [6.07, 6.45) is 8.83. The van der Waals surface area contributed by atoms with Crippen LogP contribution in [0, 0.1) is 24.1 Å². The second kappa shape index (κ2) is 29.0. The Morgan fingerprint density at radius 2 is 1.45 bits per heavy atom. The fraction of sp³-hybridized carbons (Fsp3) is 0.231. The Bertz CT molecular complexity index is 2410. The van der Waals surface area contributed by atoms with Crippen LogP contribution >= 0.6 is 0 Å². The first kappa shape index (κ1) is 51.8. The number of methoxy groups -OCH3 is 1. The number of aliphatic imine (C=N–C) groups is 2. The van der Waals surface area contributed by atoms with Crippen molar-refractivity contribution in [2.45, 2.75) is 32.6 Å². The normalized spacial score (nSPS) is 10.6. The number of nitriles is 1. The quantitative estimate of drug-likeness (QED) is 0.0233. The zero-order valence-corrected chi connectivity index (χ0v) is 37.2. The lowest BCUT2D eigenvalue weighted by molar-refractivity contribution is -0.109. The van der Waals surface area contributed by atoms with E-state index >= 15 is 0 Å². The summed E-state index contributed by atoms with van der Waals surface area (Å²) in [6.45, 7) is 12.7. The SMILES string of the molecule is C=N/C(=C\C=C/Cc1ccc(C#N)cc1F)c1ccc(CCN(CCOC)c2ccc(C)cc2N=C)cc1.CO.O=CNCCc1ccc(C(=O)NCCc2ccc(C(=O)O)cc2)cc1. The molecule has 0 saturated carbocycles. The summed E-state index contributed by atoms with van der Waals surface area (Å²) in [6, 6.07) is 34.8. The maximum Gasteiger partial charge on any atom is 0.335 e. The standard InChI is InChI=1S/C32H33FN4O.C19H20N2O4.CH4O/c1-24-9-16-32(31(21-24)36-3)37(19-20-38-4)18-17-25-10-14-28(15-11-25)30(35-2)8-6-5-7-27-13-12-26(23-34)22-29(27)33;22-13-20-11-9-14-1-5-16(6-2-14)18(23)21-12-10-15-3-7-17(8-4-15)19(24)25;1-2/h5-6,8-16,21-22H,2-3,7,17-20H2,1,4H3;1-8,13H,9-12H2,(H,20,22)(H,21,23)(H,24,25);2H,1H3/b6-5-,30-8-;;. The third kappa shape index (κ3) is 17.6. The molecule has 0 unspecified atom stereocenters. The maximum absolute atomic E-state index is 14.1. The Balaban J connectivity index is 0.000000360. The molecular formula is C52H57FN6O6. The molecule has 12 nitrogen and oxygen atoms in total. The van der Waals surface area contributed by atoms with Gasteiger partial charge in [-0.1, -0.05) is 72.8 Å². The topological polar surface area (TPSA) is 177 Å². The number of anilines is 1. The molecule has 0 heterocycles. The number of carbonyl (C=O) groups excluding carboxylic acids is 2. The minimum absolute atomic E-state index is 0.153. The molecule has 0 atom stereocenters. The van der Waals surface area contributed by atoms with Gasteiger partial charge < -0.3 is 30.5 Å². The largest absolute Gasteiger partial charge is 0.478 e. The average molecular weight is 881 g/mol. The monoisotopic (exact) mass is 880 g/mol. The lowest BCUT2D eigenvalue weighted by Gasteiger charge is -2.26. The van der Waals surface area contributed by atoms with E-state index in [0.29, 0.717) is 62.1 Å². The number of rotatable bonds is 22. The van der Waals surface area contributed by atoms with Crippen LogP contribution in [0.4, 0.5) is 15.8 Å². The number of aliphatic hydroxyl groups is 1. The van der Waals surface area contributed by atoms with Gasteiger partial charge in [-0.3, -0.25) is 19.6 Å². The van der Waals surface area contributed by atoms with Crippen LogP contribution in [-0.4, -0.2) is 88.9 Å². The van der Waals surface area contributed by atoms with Gasteiger partial charge in [-0.25, -0.2) is 9.18 Å². The number of benzene rings is 5. The molecule has 0 aliphatic carbocycles. The van der Waals surface area contributed by atoms with E-state index in [2.05, 4.69) is 63.2 Å². The van der Waals surface area contributed by atoms with E-state index in [4.69, 9.17) is 20.2 Å². The van der Waals surface area contributed by atoms with E-state index in [1.54, 1.807) is 55.6 Å². The fourth-order valence-electron chi connectivity index (χ4n) is 6.40. The van der Waals surface area contributed by atoms with Crippen LogP contribution in [0.25, 0.3) is 5.70 Å². The number of allylic oxidation sites excluding steroid dienone is 3. The van der Waals surface area contributed by atoms with Crippen LogP contribution in [0.1, 0.15) is 59.7 Å². The van der Waals surface area contributed by atoms with Crippen molar-refractivity contribution in [3.8, 4) is 6.07 Å². The van der Waals surface area contributed by atoms with Gasteiger partial charge in [0.15, 0.2) is 0 Å². The zero-order valence-electron chi connectivity index (χ0n) is 37.2. The minimum Gasteiger partial charge on any atom is -0.478 e. The number of hydrogen-bond acceptors (Lipinski definition) is 9. The van der Waals surface area contributed by atoms with Crippen LogP contribution in [0.2, 0.25) is 0 Å². The van der Waals surface area contributed by atoms with E-state index in [0.717, 1.165) is 65.9 Å². The molecular weight excluding hydrogens is 824 g/mol. The zero-order chi connectivity index (χ0) is 47.4. The highest BCUT2D eigenvalue weighted by Gasteiger charge is 2.12. The number of nitrogens with zero attached hydrogens (tertiary/aromatic N) is 4. The molecule has 4 N–H and O–H groups in total. The summed E-state index contributed by atoms with van der Waals surface area (Å²) >= 11 is 0. The number of carboxylic acids is 1. The molecule has 13 heteroatoms. The molecule has 0 aromatic heterocycles. The van der Waals surface area contributed by atoms with Crippen LogP contribution in [0.3, 0.4) is 0 Å². The van der Waals surface area contributed by atoms with Crippen molar-refractivity contribution in [3.05, 3.63) is 183 Å². The first-order chi connectivity index (χ1) is 31.6. The highest BCUT2D eigenvalue weighted by atomic mass is 19.1. The van der Waals surface area contributed by atoms with Crippen LogP contribution in [-0.2, 0) is 35.2 Å². The first-order valence-corrected chi connectivity index (χ1v) is 20.8. The predicted molar refractivity (Wildman–Crippen MR) is 258 cm³/mol. The van der Waals surface area contributed by atoms with Gasteiger partial charge in [-0.2, -0.15) is 5.26 Å². The van der Waals surface area contributed by atoms with Gasteiger partial charge in [-0.15, -0.1) is 0 Å². The molecule has 0 fully saturated rings. The molecule has 5 rings (SSSR count). The van der Waals surface area contributed by atoms with E-state index in [1.807, 2.05) is 61.6 Å². The number of aliphatic hydroxyl groups excluding tert-OH is 1. The molecule has 0 spiro atoms. The summed E-state index contributed by atoms with van der Waals surface area (Å²) in [5, 5.41) is 30.2. The molecule has 2 amide bonds. The highest BCUT2D eigenvalue weighted by molar-refractivity contribution is 5.94. The van der Waals surface area contributed by atoms with Gasteiger partial charge in [0.1, 0.15) is 5.82 Å². The van der Waals surface area contributed by atoms with Gasteiger partial charge >= 0.3 is 5.97 Å². The maximum atomic E-state index is 14.1. The van der Waals surface area contributed by atoms with Gasteiger partial charge in [0.25, 0.3) is 5.91 Å². The van der Waals surface area contributed by atoms with Crippen molar-refractivity contribution in [1.82, 2.24) is 10.6 Å². The molecule has 338 valence electrons. The van der Waals surface area contributed by atoms with Crippen LogP contribution in [0.5, 0.6) is 0 Å². The van der Waals surface area contributed by atoms with Gasteiger partial charge in [-0.05, 0) is 128 Å². The Kier molecular flexibility index (Phi) is 23.1. The summed E-state index contributed by atoms with van der Waals surface area (Å²) in [5.74, 6) is -1.49. The van der Waals surface area contributed by atoms with Crippen molar-refractivity contribution in [1.29, 1.82) is 5.26 Å². The number of carbonyl (C=O) groups is 3. The van der Waals surface area contributed by atoms with Crippen molar-refractivity contribution in [3.63, 3.8) is 0 Å². The van der Waals surface area contributed by atoms with Crippen LogP contribution < -0.4 is 15.5 Å². The molecule has 0 aliphatic rings. The fourth-order valence-corrected chi connectivity index (χ4v) is 6.40. The lowest BCUT2D eigenvalue weighted by atomic mass is 10.1. The number of hydrogen-bond donors (Lipinski definition) is 4. The number of aromatic carboxylic acids is 1. The van der Waals surface area contributed by atoms with Crippen molar-refractivity contribution < 1.29 is 33.7 Å². The molecule has 5 aromatic carbocycles. The molecule has 0 radical (unpaired) electrons. The Labute approximate surface area is 381 Å². The summed E-state index contributed by atoms with van der Waals surface area (Å²) in [7, 11) is 2.71. The van der Waals surface area contributed by atoms with E-state index in [-0.39, 0.29) is 17.3 Å². The number of halogens is 1. The second-order valence-electron chi connectivity index (χ2n) is 14.4. The second-order valence-corrected chi connectivity index (χ2v) is 14.4. The number of ether oxygens (including phenoxy) is 1. The molecule has 0 bridgehead atoms. The smallest absolute Gasteiger partial charge is 0.335 e. The first-order valence-electron chi connectivity index (χ1n) is 20.8. The third-order valence-corrected chi connectivity index (χ3v) is 9.97. The van der Waals surface area contributed by atoms with Crippen molar-refractivity contribution in [2.75, 3.05) is 51.9 Å². The third-order valence-electron chi connectivity index (χ3n) is 9.97. The highest BCUT2D eigenvalue weighted by Crippen LogP contribution is 2.30. The summed E-state index contributed by atoms with van der Waals surface area (Å²) in [5.41, 5.74) is 9.63. The number of nitrogens with one attached hydrogen (secondary N) is 2. The number of aryl methyl sites for hydroxylation is 1. The Hall–Kier alpha value is -7.53. The van der Waals surface area contributed by atoms with E-state index in [1.165, 1.54) is 11.6 Å². The number of amides is 2. The predicted octanol–water partition coefficient (Wildman–Crippen LogP) is 8.13. The summed E-state index contributed by atoms with van der Waals surface area (Å²) in [4.78, 5) is 43.8. The van der Waals surface area contributed by atoms with Crippen molar-refractivity contribution in [2.24, 2.45) is 9.98 Å². The lowest BCUT2D eigenvalue weighted by Crippen LogP contribution is -2.29. The van der Waals surface area contributed by atoms with Gasteiger partial charge in [0.2, 0.25) is 6.41 Å². The van der Waals surface area contributed by atoms with Gasteiger partial charge in [0.05, 0.1) is 40.9 Å². The minimum atomic E-state index is -0.953. The average Bonchev–Trinajstić information content (AvgIpc) is 3.33. The summed E-state index contributed by atoms with van der Waals surface area (Å²) < 4.78 is 19.4. The Morgan fingerprint density at radius 3 is 2.02 bits per heavy atom. The molecule has 65 heavy (non-hydrogen) atoms.